The third-order valence-corrected chi connectivity index (χ3v) is 1.87. The number of allylic oxidation sites excluding steroid dienone is 2. The van der Waals surface area contributed by atoms with E-state index in [-0.39, 0.29) is 0 Å². The maximum absolute atomic E-state index is 13.1. The second-order valence-corrected chi connectivity index (χ2v) is 3.36. The fraction of sp³-hybridized carbons (Fsp3) is 0.250. The fourth-order valence-electron chi connectivity index (χ4n) is 1.08. The summed E-state index contributed by atoms with van der Waals surface area (Å²) in [6, 6.07) is 9.70. The molecule has 0 aliphatic rings. The molecule has 0 N–H and O–H groups in total. The quantitative estimate of drug-likeness (QED) is 0.529. The number of benzene rings is 1. The molecule has 1 aromatic rings. The van der Waals surface area contributed by atoms with Crippen molar-refractivity contribution in [2.45, 2.75) is 19.0 Å². The van der Waals surface area contributed by atoms with Gasteiger partial charge in [-0.25, -0.2) is 4.39 Å². The SMILES string of the molecule is C[C@](F)(C=O)/C=C/Cc1ccccc1. The lowest BCUT2D eigenvalue weighted by molar-refractivity contribution is -0.114. The molecule has 74 valence electrons. The third kappa shape index (κ3) is 3.52. The van der Waals surface area contributed by atoms with E-state index in [1.165, 1.54) is 13.0 Å². The molecule has 0 amide bonds. The van der Waals surface area contributed by atoms with Crippen LogP contribution in [0.15, 0.2) is 42.5 Å². The summed E-state index contributed by atoms with van der Waals surface area (Å²) in [5.74, 6) is 0. The average Bonchev–Trinajstić information content (AvgIpc) is 2.19. The van der Waals surface area contributed by atoms with E-state index in [0.717, 1.165) is 5.56 Å². The second-order valence-electron chi connectivity index (χ2n) is 3.36. The van der Waals surface area contributed by atoms with Crippen LogP contribution in [0.2, 0.25) is 0 Å². The molecule has 0 aliphatic carbocycles. The second kappa shape index (κ2) is 4.70. The maximum Gasteiger partial charge on any atom is 0.181 e. The molecular weight excluding hydrogens is 179 g/mol. The number of rotatable bonds is 4. The van der Waals surface area contributed by atoms with E-state index in [4.69, 9.17) is 0 Å². The molecule has 0 saturated carbocycles. The summed E-state index contributed by atoms with van der Waals surface area (Å²) in [4.78, 5) is 10.2. The van der Waals surface area contributed by atoms with Gasteiger partial charge in [0.15, 0.2) is 12.0 Å². The van der Waals surface area contributed by atoms with Crippen LogP contribution in [-0.2, 0) is 11.2 Å². The van der Waals surface area contributed by atoms with Crippen LogP contribution in [0.1, 0.15) is 12.5 Å². The van der Waals surface area contributed by atoms with Crippen LogP contribution >= 0.6 is 0 Å². The first kappa shape index (κ1) is 10.6. The highest BCUT2D eigenvalue weighted by atomic mass is 19.1. The maximum atomic E-state index is 13.1. The monoisotopic (exact) mass is 192 g/mol. The summed E-state index contributed by atoms with van der Waals surface area (Å²) >= 11 is 0. The number of hydrogen-bond acceptors (Lipinski definition) is 1. The van der Waals surface area contributed by atoms with Crippen LogP contribution < -0.4 is 0 Å². The van der Waals surface area contributed by atoms with E-state index >= 15 is 0 Å². The van der Waals surface area contributed by atoms with Crippen molar-refractivity contribution < 1.29 is 9.18 Å². The molecule has 1 aromatic carbocycles. The van der Waals surface area contributed by atoms with E-state index in [9.17, 15) is 9.18 Å². The predicted octanol–water partition coefficient (Wildman–Crippen LogP) is 2.71. The van der Waals surface area contributed by atoms with Gasteiger partial charge in [-0.15, -0.1) is 0 Å². The largest absolute Gasteiger partial charge is 0.299 e. The van der Waals surface area contributed by atoms with Gasteiger partial charge in [0.1, 0.15) is 0 Å². The van der Waals surface area contributed by atoms with Gasteiger partial charge in [-0.05, 0) is 25.0 Å². The van der Waals surface area contributed by atoms with E-state index < -0.39 is 5.67 Å². The molecule has 0 saturated heterocycles. The van der Waals surface area contributed by atoms with E-state index in [2.05, 4.69) is 0 Å². The predicted molar refractivity (Wildman–Crippen MR) is 54.9 cm³/mol. The van der Waals surface area contributed by atoms with Gasteiger partial charge in [0.05, 0.1) is 0 Å². The number of hydrogen-bond donors (Lipinski definition) is 0. The van der Waals surface area contributed by atoms with E-state index in [1.807, 2.05) is 30.3 Å². The Bertz CT molecular complexity index is 314. The smallest absolute Gasteiger partial charge is 0.181 e. The van der Waals surface area contributed by atoms with Gasteiger partial charge >= 0.3 is 0 Å². The standard InChI is InChI=1S/C12H13FO/c1-12(13,10-14)9-5-8-11-6-3-2-4-7-11/h2-7,9-10H,8H2,1H3/b9-5+/t12-/m1/s1. The van der Waals surface area contributed by atoms with Gasteiger partial charge in [-0.1, -0.05) is 36.4 Å². The van der Waals surface area contributed by atoms with Crippen molar-refractivity contribution in [2.24, 2.45) is 0 Å². The molecule has 0 bridgehead atoms. The summed E-state index contributed by atoms with van der Waals surface area (Å²) in [5, 5.41) is 0. The Labute approximate surface area is 83.3 Å². The zero-order valence-electron chi connectivity index (χ0n) is 8.11. The Kier molecular flexibility index (Phi) is 3.57. The lowest BCUT2D eigenvalue weighted by atomic mass is 10.1. The first-order valence-corrected chi connectivity index (χ1v) is 4.51. The van der Waals surface area contributed by atoms with Crippen LogP contribution in [0, 0.1) is 0 Å². The number of carbonyl (C=O) groups is 1. The summed E-state index contributed by atoms with van der Waals surface area (Å²) in [5.41, 5.74) is -0.736. The molecule has 0 fully saturated rings. The Morgan fingerprint density at radius 1 is 1.36 bits per heavy atom. The Hall–Kier alpha value is -1.44. The molecule has 1 nitrogen and oxygen atoms in total. The van der Waals surface area contributed by atoms with Crippen molar-refractivity contribution >= 4 is 6.29 Å². The molecule has 0 spiro atoms. The van der Waals surface area contributed by atoms with E-state index in [0.29, 0.717) is 12.7 Å². The van der Waals surface area contributed by atoms with Crippen molar-refractivity contribution in [3.8, 4) is 0 Å². The van der Waals surface area contributed by atoms with Crippen molar-refractivity contribution in [1.29, 1.82) is 0 Å². The molecular formula is C12H13FO. The van der Waals surface area contributed by atoms with Crippen molar-refractivity contribution in [2.75, 3.05) is 0 Å². The van der Waals surface area contributed by atoms with Gasteiger partial charge in [0.25, 0.3) is 0 Å². The fourth-order valence-corrected chi connectivity index (χ4v) is 1.08. The van der Waals surface area contributed by atoms with Crippen molar-refractivity contribution in [1.82, 2.24) is 0 Å². The van der Waals surface area contributed by atoms with E-state index in [1.54, 1.807) is 6.08 Å². The van der Waals surface area contributed by atoms with Gasteiger partial charge in [-0.2, -0.15) is 0 Å². The highest BCUT2D eigenvalue weighted by Crippen LogP contribution is 2.09. The normalized spacial score (nSPS) is 15.3. The lowest BCUT2D eigenvalue weighted by Crippen LogP contribution is -2.15. The molecule has 1 atom stereocenters. The molecule has 0 heterocycles. The summed E-state index contributed by atoms with van der Waals surface area (Å²) in [6.45, 7) is 1.24. The van der Waals surface area contributed by atoms with Crippen molar-refractivity contribution in [3.05, 3.63) is 48.0 Å². The minimum atomic E-state index is -1.84. The van der Waals surface area contributed by atoms with Crippen LogP contribution in [0.3, 0.4) is 0 Å². The zero-order valence-corrected chi connectivity index (χ0v) is 8.11. The number of halogens is 1. The molecule has 0 aliphatic heterocycles. The molecule has 14 heavy (non-hydrogen) atoms. The molecule has 0 radical (unpaired) electrons. The minimum absolute atomic E-state index is 0.300. The highest BCUT2D eigenvalue weighted by molar-refractivity contribution is 5.64. The molecule has 2 heteroatoms. The Balaban J connectivity index is 2.53. The first-order chi connectivity index (χ1) is 6.64. The molecule has 1 rings (SSSR count). The molecule has 0 unspecified atom stereocenters. The van der Waals surface area contributed by atoms with Crippen LogP contribution in [-0.4, -0.2) is 12.0 Å². The number of alkyl halides is 1. The van der Waals surface area contributed by atoms with Gasteiger partial charge < -0.3 is 0 Å². The van der Waals surface area contributed by atoms with Gasteiger partial charge in [0, 0.05) is 0 Å². The third-order valence-electron chi connectivity index (χ3n) is 1.87. The highest BCUT2D eigenvalue weighted by Gasteiger charge is 2.16. The average molecular weight is 192 g/mol. The van der Waals surface area contributed by atoms with Crippen LogP contribution in [0.5, 0.6) is 0 Å². The van der Waals surface area contributed by atoms with Crippen LogP contribution in [0.25, 0.3) is 0 Å². The van der Waals surface area contributed by atoms with Gasteiger partial charge in [0.2, 0.25) is 0 Å². The minimum Gasteiger partial charge on any atom is -0.299 e. The lowest BCUT2D eigenvalue weighted by Gasteiger charge is -2.04. The topological polar surface area (TPSA) is 17.1 Å². The Morgan fingerprint density at radius 2 is 2.00 bits per heavy atom. The van der Waals surface area contributed by atoms with Crippen LogP contribution in [0.4, 0.5) is 4.39 Å². The summed E-state index contributed by atoms with van der Waals surface area (Å²) in [6.07, 6.45) is 3.90. The Morgan fingerprint density at radius 3 is 2.57 bits per heavy atom. The van der Waals surface area contributed by atoms with Crippen molar-refractivity contribution in [3.63, 3.8) is 0 Å². The van der Waals surface area contributed by atoms with Gasteiger partial charge in [-0.3, -0.25) is 4.79 Å². The number of carbonyl (C=O) groups excluding carboxylic acids is 1. The summed E-state index contributed by atoms with van der Waals surface area (Å²) < 4.78 is 13.1. The zero-order chi connectivity index (χ0) is 10.4. The number of aldehydes is 1. The molecule has 0 aromatic heterocycles. The summed E-state index contributed by atoms with van der Waals surface area (Å²) in [7, 11) is 0. The first-order valence-electron chi connectivity index (χ1n) is 4.51.